The van der Waals surface area contributed by atoms with Gasteiger partial charge in [-0.2, -0.15) is 0 Å². The molecule has 6 heteroatoms. The Bertz CT molecular complexity index is 938. The van der Waals surface area contributed by atoms with Gasteiger partial charge in [-0.15, -0.1) is 0 Å². The summed E-state index contributed by atoms with van der Waals surface area (Å²) in [6.07, 6.45) is 7.26. The molecule has 2 aliphatic heterocycles. The summed E-state index contributed by atoms with van der Waals surface area (Å²) in [6.45, 7) is 10.1. The molecule has 1 spiro atoms. The molecule has 0 aliphatic carbocycles. The Hall–Kier alpha value is -2.44. The largest absolute Gasteiger partial charge is 0.491 e. The van der Waals surface area contributed by atoms with Crippen LogP contribution in [0.3, 0.4) is 0 Å². The standard InChI is InChI=1S/C27H36N2O4/c1-5-31-23-16-25(22-7-6-12-28-18-22)33-27(17-23)10-13-29(14-11-27)26(30)21-8-9-24(20(4)15-21)32-19(2)3/h6-9,12,15,18-19,23,25H,5,10-11,13-14,16-17H2,1-4H3/t23-,25+/m1/s1. The van der Waals surface area contributed by atoms with Crippen LogP contribution in [0.4, 0.5) is 0 Å². The fourth-order valence-electron chi connectivity index (χ4n) is 5.06. The van der Waals surface area contributed by atoms with Crippen LogP contribution < -0.4 is 4.74 Å². The topological polar surface area (TPSA) is 60.9 Å². The average Bonchev–Trinajstić information content (AvgIpc) is 2.81. The summed E-state index contributed by atoms with van der Waals surface area (Å²) >= 11 is 0. The molecule has 1 aromatic heterocycles. The predicted octanol–water partition coefficient (Wildman–Crippen LogP) is 5.11. The highest BCUT2D eigenvalue weighted by atomic mass is 16.5. The zero-order valence-electron chi connectivity index (χ0n) is 20.3. The number of piperidine rings is 1. The lowest BCUT2D eigenvalue weighted by Gasteiger charge is -2.48. The predicted molar refractivity (Wildman–Crippen MR) is 128 cm³/mol. The molecule has 33 heavy (non-hydrogen) atoms. The maximum Gasteiger partial charge on any atom is 0.253 e. The zero-order chi connectivity index (χ0) is 23.4. The van der Waals surface area contributed by atoms with Crippen molar-refractivity contribution in [3.63, 3.8) is 0 Å². The number of amides is 1. The highest BCUT2D eigenvalue weighted by Crippen LogP contribution is 2.44. The number of carbonyl (C=O) groups is 1. The fourth-order valence-corrected chi connectivity index (χ4v) is 5.06. The average molecular weight is 453 g/mol. The van der Waals surface area contributed by atoms with Gasteiger partial charge < -0.3 is 19.1 Å². The molecule has 1 aromatic carbocycles. The smallest absolute Gasteiger partial charge is 0.253 e. The van der Waals surface area contributed by atoms with Crippen molar-refractivity contribution in [3.8, 4) is 5.75 Å². The second-order valence-corrected chi connectivity index (χ2v) is 9.53. The quantitative estimate of drug-likeness (QED) is 0.610. The van der Waals surface area contributed by atoms with Crippen molar-refractivity contribution in [2.24, 2.45) is 0 Å². The number of hydrogen-bond acceptors (Lipinski definition) is 5. The first-order chi connectivity index (χ1) is 15.9. The van der Waals surface area contributed by atoms with Crippen LogP contribution in [-0.4, -0.2) is 53.3 Å². The summed E-state index contributed by atoms with van der Waals surface area (Å²) in [5.41, 5.74) is 2.53. The highest BCUT2D eigenvalue weighted by Gasteiger charge is 2.45. The van der Waals surface area contributed by atoms with Gasteiger partial charge in [0.05, 0.1) is 23.9 Å². The lowest BCUT2D eigenvalue weighted by molar-refractivity contribution is -0.190. The molecule has 0 saturated carbocycles. The summed E-state index contributed by atoms with van der Waals surface area (Å²) in [5.74, 6) is 0.906. The molecule has 2 atom stereocenters. The van der Waals surface area contributed by atoms with Crippen LogP contribution in [0.1, 0.15) is 74.0 Å². The van der Waals surface area contributed by atoms with Crippen LogP contribution in [-0.2, 0) is 9.47 Å². The van der Waals surface area contributed by atoms with Crippen molar-refractivity contribution in [1.29, 1.82) is 0 Å². The van der Waals surface area contributed by atoms with Crippen LogP contribution in [0.5, 0.6) is 5.75 Å². The van der Waals surface area contributed by atoms with Gasteiger partial charge in [0.15, 0.2) is 0 Å². The third kappa shape index (κ3) is 5.56. The molecular weight excluding hydrogens is 416 g/mol. The molecule has 2 aromatic rings. The molecule has 2 aliphatic rings. The summed E-state index contributed by atoms with van der Waals surface area (Å²) in [6, 6.07) is 9.75. The molecule has 0 unspecified atom stereocenters. The van der Waals surface area contributed by atoms with Crippen LogP contribution in [0.25, 0.3) is 0 Å². The van der Waals surface area contributed by atoms with E-state index in [4.69, 9.17) is 14.2 Å². The van der Waals surface area contributed by atoms with Gasteiger partial charge in [0.1, 0.15) is 5.75 Å². The number of rotatable bonds is 6. The van der Waals surface area contributed by atoms with Crippen LogP contribution >= 0.6 is 0 Å². The molecule has 4 rings (SSSR count). The van der Waals surface area contributed by atoms with Gasteiger partial charge >= 0.3 is 0 Å². The first kappa shape index (κ1) is 23.7. The fraction of sp³-hybridized carbons (Fsp3) is 0.556. The monoisotopic (exact) mass is 452 g/mol. The number of aromatic nitrogens is 1. The minimum atomic E-state index is -0.264. The van der Waals surface area contributed by atoms with E-state index in [-0.39, 0.29) is 29.8 Å². The number of pyridine rings is 1. The number of carbonyl (C=O) groups excluding carboxylic acids is 1. The van der Waals surface area contributed by atoms with Gasteiger partial charge in [-0.25, -0.2) is 0 Å². The number of likely N-dealkylation sites (tertiary alicyclic amines) is 1. The van der Waals surface area contributed by atoms with Crippen molar-refractivity contribution in [1.82, 2.24) is 9.88 Å². The van der Waals surface area contributed by atoms with Crippen molar-refractivity contribution >= 4 is 5.91 Å². The van der Waals surface area contributed by atoms with Gasteiger partial charge in [-0.3, -0.25) is 9.78 Å². The Morgan fingerprint density at radius 2 is 2.06 bits per heavy atom. The maximum atomic E-state index is 13.2. The molecule has 3 heterocycles. The molecule has 178 valence electrons. The van der Waals surface area contributed by atoms with E-state index in [2.05, 4.69) is 11.1 Å². The first-order valence-electron chi connectivity index (χ1n) is 12.1. The molecule has 0 bridgehead atoms. The van der Waals surface area contributed by atoms with E-state index in [0.717, 1.165) is 42.6 Å². The highest BCUT2D eigenvalue weighted by molar-refractivity contribution is 5.94. The molecule has 6 nitrogen and oxygen atoms in total. The Morgan fingerprint density at radius 1 is 1.27 bits per heavy atom. The molecule has 0 N–H and O–H groups in total. The zero-order valence-corrected chi connectivity index (χ0v) is 20.3. The van der Waals surface area contributed by atoms with E-state index in [1.165, 1.54) is 0 Å². The number of benzene rings is 1. The summed E-state index contributed by atoms with van der Waals surface area (Å²) in [4.78, 5) is 19.5. The second-order valence-electron chi connectivity index (χ2n) is 9.53. The van der Waals surface area contributed by atoms with Crippen LogP contribution in [0.15, 0.2) is 42.7 Å². The summed E-state index contributed by atoms with van der Waals surface area (Å²) in [5, 5.41) is 0. The van der Waals surface area contributed by atoms with Gasteiger partial charge in [-0.1, -0.05) is 6.07 Å². The van der Waals surface area contributed by atoms with E-state index in [1.807, 2.05) is 63.1 Å². The van der Waals surface area contributed by atoms with Gasteiger partial charge in [0.25, 0.3) is 5.91 Å². The molecule has 2 fully saturated rings. The first-order valence-corrected chi connectivity index (χ1v) is 12.1. The van der Waals surface area contributed by atoms with Crippen LogP contribution in [0.2, 0.25) is 0 Å². The number of nitrogens with zero attached hydrogens (tertiary/aromatic N) is 2. The lowest BCUT2D eigenvalue weighted by atomic mass is 9.80. The third-order valence-corrected chi connectivity index (χ3v) is 6.67. The number of aryl methyl sites for hydroxylation is 1. The van der Waals surface area contributed by atoms with Gasteiger partial charge in [0.2, 0.25) is 0 Å². The Kier molecular flexibility index (Phi) is 7.35. The minimum absolute atomic E-state index is 0.0256. The molecule has 2 saturated heterocycles. The SMILES string of the molecule is CCO[C@@H]1C[C@@H](c2cccnc2)OC2(CCN(C(=O)c3ccc(OC(C)C)c(C)c3)CC2)C1. The normalized spacial score (nSPS) is 22.5. The van der Waals surface area contributed by atoms with Gasteiger partial charge in [0, 0.05) is 50.5 Å². The Balaban J connectivity index is 1.44. The molecule has 1 amide bonds. The van der Waals surface area contributed by atoms with Gasteiger partial charge in [-0.05, 0) is 75.9 Å². The van der Waals surface area contributed by atoms with Crippen molar-refractivity contribution in [2.45, 2.75) is 77.3 Å². The van der Waals surface area contributed by atoms with Crippen LogP contribution in [0, 0.1) is 6.92 Å². The lowest BCUT2D eigenvalue weighted by Crippen LogP contribution is -2.52. The number of hydrogen-bond donors (Lipinski definition) is 0. The summed E-state index contributed by atoms with van der Waals surface area (Å²) < 4.78 is 18.6. The van der Waals surface area contributed by atoms with E-state index < -0.39 is 0 Å². The molecule has 0 radical (unpaired) electrons. The second kappa shape index (κ2) is 10.2. The van der Waals surface area contributed by atoms with Crippen molar-refractivity contribution in [2.75, 3.05) is 19.7 Å². The van der Waals surface area contributed by atoms with E-state index in [0.29, 0.717) is 25.3 Å². The van der Waals surface area contributed by atoms with E-state index >= 15 is 0 Å². The molecular formula is C27H36N2O4. The minimum Gasteiger partial charge on any atom is -0.491 e. The van der Waals surface area contributed by atoms with E-state index in [9.17, 15) is 4.79 Å². The maximum absolute atomic E-state index is 13.2. The summed E-state index contributed by atoms with van der Waals surface area (Å²) in [7, 11) is 0. The number of ether oxygens (including phenoxy) is 3. The van der Waals surface area contributed by atoms with Crippen molar-refractivity contribution < 1.29 is 19.0 Å². The Labute approximate surface area is 197 Å². The van der Waals surface area contributed by atoms with E-state index in [1.54, 1.807) is 6.20 Å². The van der Waals surface area contributed by atoms with Crippen molar-refractivity contribution in [3.05, 3.63) is 59.4 Å². The third-order valence-electron chi connectivity index (χ3n) is 6.67. The Morgan fingerprint density at radius 3 is 2.70 bits per heavy atom.